The third kappa shape index (κ3) is 4.65. The summed E-state index contributed by atoms with van der Waals surface area (Å²) in [6.45, 7) is 3.90. The third-order valence-corrected chi connectivity index (χ3v) is 5.72. The van der Waals surface area contributed by atoms with E-state index in [2.05, 4.69) is 32.4 Å². The summed E-state index contributed by atoms with van der Waals surface area (Å²) in [4.78, 5) is 16.4. The summed E-state index contributed by atoms with van der Waals surface area (Å²) in [5, 5.41) is 11.9. The molecule has 9 heteroatoms. The summed E-state index contributed by atoms with van der Waals surface area (Å²) in [6.07, 6.45) is 0. The van der Waals surface area contributed by atoms with Crippen molar-refractivity contribution in [3.63, 3.8) is 0 Å². The summed E-state index contributed by atoms with van der Waals surface area (Å²) < 4.78 is 13.9. The molecular formula is C15H18FN5OS2. The van der Waals surface area contributed by atoms with Gasteiger partial charge in [0.05, 0.1) is 5.75 Å². The summed E-state index contributed by atoms with van der Waals surface area (Å²) in [5.74, 6) is -0.350. The van der Waals surface area contributed by atoms with Crippen LogP contribution in [-0.2, 0) is 4.79 Å². The molecule has 1 aromatic heterocycles. The Bertz CT molecular complexity index is 703. The minimum absolute atomic E-state index is 0.193. The smallest absolute Gasteiger partial charge is 0.234 e. The molecule has 0 bridgehead atoms. The van der Waals surface area contributed by atoms with Crippen molar-refractivity contribution in [2.24, 2.45) is 0 Å². The van der Waals surface area contributed by atoms with Gasteiger partial charge in [0.25, 0.3) is 0 Å². The lowest BCUT2D eigenvalue weighted by Gasteiger charge is -2.31. The van der Waals surface area contributed by atoms with Crippen LogP contribution in [0.25, 0.3) is 0 Å². The van der Waals surface area contributed by atoms with E-state index in [9.17, 15) is 9.18 Å². The third-order valence-electron chi connectivity index (χ3n) is 3.60. The predicted molar refractivity (Wildman–Crippen MR) is 95.4 cm³/mol. The molecule has 3 rings (SSSR count). The minimum Gasteiger partial charge on any atom is -0.344 e. The lowest BCUT2D eigenvalue weighted by Crippen LogP contribution is -2.44. The van der Waals surface area contributed by atoms with Crippen LogP contribution in [0.3, 0.4) is 0 Å². The fourth-order valence-corrected chi connectivity index (χ4v) is 3.97. The molecule has 24 heavy (non-hydrogen) atoms. The van der Waals surface area contributed by atoms with Gasteiger partial charge in [0, 0.05) is 31.9 Å². The van der Waals surface area contributed by atoms with E-state index in [1.165, 1.54) is 35.2 Å². The Balaban J connectivity index is 1.49. The number of benzene rings is 1. The lowest BCUT2D eigenvalue weighted by atomic mass is 10.3. The number of amides is 1. The van der Waals surface area contributed by atoms with E-state index in [4.69, 9.17) is 0 Å². The van der Waals surface area contributed by atoms with E-state index in [0.717, 1.165) is 35.7 Å². The molecule has 0 radical (unpaired) electrons. The van der Waals surface area contributed by atoms with Crippen molar-refractivity contribution in [1.82, 2.24) is 15.1 Å². The Morgan fingerprint density at radius 1 is 1.33 bits per heavy atom. The highest BCUT2D eigenvalue weighted by molar-refractivity contribution is 8.01. The Morgan fingerprint density at radius 2 is 2.12 bits per heavy atom. The number of hydrogen-bond donors (Lipinski definition) is 1. The van der Waals surface area contributed by atoms with Crippen molar-refractivity contribution in [2.75, 3.05) is 49.2 Å². The standard InChI is InChI=1S/C15H18FN5OS2/c1-20-5-7-21(8-6-20)14-18-19-15(24-14)23-10-13(22)17-12-4-2-3-11(16)9-12/h2-4,9H,5-8,10H2,1H3,(H,17,22). The Morgan fingerprint density at radius 3 is 2.88 bits per heavy atom. The van der Waals surface area contributed by atoms with Gasteiger partial charge in [-0.15, -0.1) is 10.2 Å². The van der Waals surface area contributed by atoms with E-state index in [1.807, 2.05) is 0 Å². The maximum Gasteiger partial charge on any atom is 0.234 e. The van der Waals surface area contributed by atoms with Gasteiger partial charge in [-0.05, 0) is 25.2 Å². The SMILES string of the molecule is CN1CCN(c2nnc(SCC(=O)Nc3cccc(F)c3)s2)CC1. The van der Waals surface area contributed by atoms with Crippen molar-refractivity contribution in [1.29, 1.82) is 0 Å². The highest BCUT2D eigenvalue weighted by atomic mass is 32.2. The number of anilines is 2. The molecule has 2 aromatic rings. The number of likely N-dealkylation sites (N-methyl/N-ethyl adjacent to an activating group) is 1. The highest BCUT2D eigenvalue weighted by Crippen LogP contribution is 2.28. The predicted octanol–water partition coefficient (Wildman–Crippen LogP) is 2.16. The summed E-state index contributed by atoms with van der Waals surface area (Å²) in [7, 11) is 2.11. The molecule has 0 saturated carbocycles. The number of piperazine rings is 1. The van der Waals surface area contributed by atoms with Crippen molar-refractivity contribution >= 4 is 39.8 Å². The summed E-state index contributed by atoms with van der Waals surface area (Å²) in [6, 6.07) is 5.84. The molecule has 128 valence electrons. The quantitative estimate of drug-likeness (QED) is 0.817. The Hall–Kier alpha value is -1.71. The first-order chi connectivity index (χ1) is 11.6. The number of halogens is 1. The normalized spacial score (nSPS) is 15.5. The van der Waals surface area contributed by atoms with Gasteiger partial charge in [0.2, 0.25) is 11.0 Å². The number of rotatable bonds is 5. The number of carbonyl (C=O) groups is 1. The minimum atomic E-state index is -0.374. The average molecular weight is 367 g/mol. The molecule has 1 aliphatic rings. The van der Waals surface area contributed by atoms with Crippen LogP contribution >= 0.6 is 23.1 Å². The van der Waals surface area contributed by atoms with Gasteiger partial charge in [-0.1, -0.05) is 29.2 Å². The maximum absolute atomic E-state index is 13.1. The highest BCUT2D eigenvalue weighted by Gasteiger charge is 2.18. The molecule has 1 fully saturated rings. The first-order valence-corrected chi connectivity index (χ1v) is 9.35. The number of thioether (sulfide) groups is 1. The van der Waals surface area contributed by atoms with Gasteiger partial charge >= 0.3 is 0 Å². The van der Waals surface area contributed by atoms with Crippen molar-refractivity contribution in [3.05, 3.63) is 30.1 Å². The van der Waals surface area contributed by atoms with Crippen LogP contribution in [-0.4, -0.2) is 60.0 Å². The summed E-state index contributed by atoms with van der Waals surface area (Å²) >= 11 is 2.84. The maximum atomic E-state index is 13.1. The van der Waals surface area contributed by atoms with Crippen molar-refractivity contribution < 1.29 is 9.18 Å². The van der Waals surface area contributed by atoms with Gasteiger partial charge in [0.1, 0.15) is 5.82 Å². The second kappa shape index (κ2) is 7.91. The first-order valence-electron chi connectivity index (χ1n) is 7.55. The second-order valence-electron chi connectivity index (χ2n) is 5.49. The summed E-state index contributed by atoms with van der Waals surface area (Å²) in [5.41, 5.74) is 0.455. The molecule has 0 unspecified atom stereocenters. The van der Waals surface area contributed by atoms with E-state index in [0.29, 0.717) is 5.69 Å². The van der Waals surface area contributed by atoms with Gasteiger partial charge < -0.3 is 15.1 Å². The number of aromatic nitrogens is 2. The monoisotopic (exact) mass is 367 g/mol. The van der Waals surface area contributed by atoms with Crippen molar-refractivity contribution in [3.8, 4) is 0 Å². The molecule has 0 aliphatic carbocycles. The molecule has 1 aromatic carbocycles. The zero-order chi connectivity index (χ0) is 16.9. The lowest BCUT2D eigenvalue weighted by molar-refractivity contribution is -0.113. The van der Waals surface area contributed by atoms with Crippen LogP contribution in [0.2, 0.25) is 0 Å². The van der Waals surface area contributed by atoms with Gasteiger partial charge in [-0.25, -0.2) is 4.39 Å². The van der Waals surface area contributed by atoms with Crippen LogP contribution in [0.5, 0.6) is 0 Å². The van der Waals surface area contributed by atoms with Crippen LogP contribution < -0.4 is 10.2 Å². The van der Waals surface area contributed by atoms with Crippen LogP contribution in [0.1, 0.15) is 0 Å². The fourth-order valence-electron chi connectivity index (χ4n) is 2.28. The van der Waals surface area contributed by atoms with Crippen LogP contribution in [0.15, 0.2) is 28.6 Å². The molecule has 0 atom stereocenters. The van der Waals surface area contributed by atoms with Gasteiger partial charge in [0.15, 0.2) is 4.34 Å². The van der Waals surface area contributed by atoms with Crippen LogP contribution in [0, 0.1) is 5.82 Å². The topological polar surface area (TPSA) is 61.4 Å². The Labute approximate surface area is 148 Å². The Kier molecular flexibility index (Phi) is 5.64. The van der Waals surface area contributed by atoms with E-state index >= 15 is 0 Å². The molecule has 1 N–H and O–H groups in total. The number of nitrogens with zero attached hydrogens (tertiary/aromatic N) is 4. The average Bonchev–Trinajstić information content (AvgIpc) is 3.03. The zero-order valence-corrected chi connectivity index (χ0v) is 14.9. The molecule has 1 amide bonds. The van der Waals surface area contributed by atoms with E-state index in [-0.39, 0.29) is 17.5 Å². The van der Waals surface area contributed by atoms with Crippen LogP contribution in [0.4, 0.5) is 15.2 Å². The van der Waals surface area contributed by atoms with E-state index in [1.54, 1.807) is 12.1 Å². The molecule has 1 aliphatic heterocycles. The van der Waals surface area contributed by atoms with Gasteiger partial charge in [-0.3, -0.25) is 4.79 Å². The fraction of sp³-hybridized carbons (Fsp3) is 0.400. The van der Waals surface area contributed by atoms with Gasteiger partial charge in [-0.2, -0.15) is 0 Å². The van der Waals surface area contributed by atoms with Crippen molar-refractivity contribution in [2.45, 2.75) is 4.34 Å². The largest absolute Gasteiger partial charge is 0.344 e. The number of nitrogens with one attached hydrogen (secondary N) is 1. The number of carbonyl (C=O) groups excluding carboxylic acids is 1. The molecule has 1 saturated heterocycles. The molecule has 2 heterocycles. The van der Waals surface area contributed by atoms with E-state index < -0.39 is 0 Å². The molecule has 0 spiro atoms. The molecular weight excluding hydrogens is 349 g/mol. The number of hydrogen-bond acceptors (Lipinski definition) is 7. The molecule has 6 nitrogen and oxygen atoms in total. The first kappa shape index (κ1) is 17.1. The zero-order valence-electron chi connectivity index (χ0n) is 13.2. The second-order valence-corrected chi connectivity index (χ2v) is 7.67.